The number of aromatic nitrogens is 1. The van der Waals surface area contributed by atoms with Gasteiger partial charge >= 0.3 is 0 Å². The number of hydrogen-bond acceptors (Lipinski definition) is 2. The van der Waals surface area contributed by atoms with E-state index < -0.39 is 0 Å². The van der Waals surface area contributed by atoms with Crippen molar-refractivity contribution in [3.8, 4) is 62.0 Å². The molecule has 0 atom stereocenters. The molecule has 6 rings (SSSR count). The van der Waals surface area contributed by atoms with E-state index in [1.54, 1.807) is 0 Å². The van der Waals surface area contributed by atoms with Crippen LogP contribution in [0.4, 0.5) is 0 Å². The number of rotatable bonds is 5. The Kier molecular flexibility index (Phi) is 6.33. The molecule has 0 bridgehead atoms. The number of benzene rings is 5. The lowest BCUT2D eigenvalue weighted by atomic mass is 9.87. The van der Waals surface area contributed by atoms with E-state index in [9.17, 15) is 5.26 Å². The maximum Gasteiger partial charge on any atom is 0.0998 e. The molecule has 0 N–H and O–H groups in total. The van der Waals surface area contributed by atoms with Crippen LogP contribution in [-0.2, 0) is 0 Å². The van der Waals surface area contributed by atoms with E-state index in [1.807, 2.05) is 78.9 Å². The van der Waals surface area contributed by atoms with Crippen molar-refractivity contribution >= 4 is 0 Å². The molecule has 0 spiro atoms. The average molecular weight is 485 g/mol. The van der Waals surface area contributed by atoms with Gasteiger partial charge in [-0.05, 0) is 52.1 Å². The standard InChI is InChI=1S/C36H24N2/c37-25-32-21-30(22-33(26-13-5-1-6-14-26)36(32)29-19-11-4-12-20-29)31-23-34(27-15-7-2-8-16-27)38-35(24-31)28-17-9-3-10-18-28/h1-24H. The lowest BCUT2D eigenvalue weighted by molar-refractivity contribution is 1.32. The highest BCUT2D eigenvalue weighted by atomic mass is 14.7. The minimum absolute atomic E-state index is 0.645. The van der Waals surface area contributed by atoms with Gasteiger partial charge in [0.05, 0.1) is 23.0 Å². The van der Waals surface area contributed by atoms with Crippen molar-refractivity contribution in [1.29, 1.82) is 5.26 Å². The fraction of sp³-hybridized carbons (Fsp3) is 0. The summed E-state index contributed by atoms with van der Waals surface area (Å²) in [7, 11) is 0. The van der Waals surface area contributed by atoms with Crippen molar-refractivity contribution in [3.63, 3.8) is 0 Å². The highest BCUT2D eigenvalue weighted by Gasteiger charge is 2.17. The van der Waals surface area contributed by atoms with Crippen LogP contribution in [0, 0.1) is 11.3 Å². The molecule has 2 nitrogen and oxygen atoms in total. The topological polar surface area (TPSA) is 36.7 Å². The number of nitriles is 1. The van der Waals surface area contributed by atoms with E-state index in [4.69, 9.17) is 4.98 Å². The van der Waals surface area contributed by atoms with Crippen LogP contribution in [0.25, 0.3) is 55.9 Å². The lowest BCUT2D eigenvalue weighted by Gasteiger charge is -2.16. The number of pyridine rings is 1. The van der Waals surface area contributed by atoms with Crippen LogP contribution in [0.3, 0.4) is 0 Å². The van der Waals surface area contributed by atoms with E-state index in [2.05, 4.69) is 72.8 Å². The van der Waals surface area contributed by atoms with Gasteiger partial charge in [0, 0.05) is 16.7 Å². The van der Waals surface area contributed by atoms with Crippen molar-refractivity contribution in [3.05, 3.63) is 151 Å². The molecule has 2 heteroatoms. The Balaban J connectivity index is 1.62. The summed E-state index contributed by atoms with van der Waals surface area (Å²) in [6.07, 6.45) is 0. The van der Waals surface area contributed by atoms with Gasteiger partial charge in [-0.15, -0.1) is 0 Å². The number of hydrogen-bond donors (Lipinski definition) is 0. The summed E-state index contributed by atoms with van der Waals surface area (Å²) in [6.45, 7) is 0. The van der Waals surface area contributed by atoms with Gasteiger partial charge in [0.25, 0.3) is 0 Å². The zero-order valence-electron chi connectivity index (χ0n) is 20.8. The molecular weight excluding hydrogens is 460 g/mol. The Morgan fingerprint density at radius 1 is 0.421 bits per heavy atom. The van der Waals surface area contributed by atoms with Gasteiger partial charge in [-0.25, -0.2) is 4.98 Å². The largest absolute Gasteiger partial charge is 0.248 e. The first-order valence-electron chi connectivity index (χ1n) is 12.6. The Morgan fingerprint density at radius 3 is 1.32 bits per heavy atom. The Bertz CT molecular complexity index is 1680. The van der Waals surface area contributed by atoms with E-state index in [1.165, 1.54) is 0 Å². The highest BCUT2D eigenvalue weighted by Crippen LogP contribution is 2.39. The van der Waals surface area contributed by atoms with Crippen LogP contribution in [0.2, 0.25) is 0 Å². The van der Waals surface area contributed by atoms with Gasteiger partial charge < -0.3 is 0 Å². The van der Waals surface area contributed by atoms with Crippen molar-refractivity contribution in [1.82, 2.24) is 4.98 Å². The maximum atomic E-state index is 10.3. The lowest BCUT2D eigenvalue weighted by Crippen LogP contribution is -1.95. The molecule has 0 aliphatic heterocycles. The average Bonchev–Trinajstić information content (AvgIpc) is 3.02. The molecule has 0 amide bonds. The zero-order valence-corrected chi connectivity index (χ0v) is 20.8. The van der Waals surface area contributed by atoms with E-state index in [0.717, 1.165) is 55.9 Å². The van der Waals surface area contributed by atoms with E-state index in [-0.39, 0.29) is 0 Å². The predicted octanol–water partition coefficient (Wildman–Crippen LogP) is 9.29. The van der Waals surface area contributed by atoms with Crippen molar-refractivity contribution in [2.75, 3.05) is 0 Å². The highest BCUT2D eigenvalue weighted by molar-refractivity contribution is 5.91. The van der Waals surface area contributed by atoms with E-state index in [0.29, 0.717) is 5.56 Å². The second-order valence-corrected chi connectivity index (χ2v) is 9.15. The Hall–Kier alpha value is -5.26. The van der Waals surface area contributed by atoms with Crippen LogP contribution in [0.1, 0.15) is 5.56 Å². The molecule has 6 aromatic rings. The summed E-state index contributed by atoms with van der Waals surface area (Å²) in [5, 5.41) is 10.3. The quantitative estimate of drug-likeness (QED) is 0.244. The van der Waals surface area contributed by atoms with Gasteiger partial charge in [0.2, 0.25) is 0 Å². The van der Waals surface area contributed by atoms with Crippen LogP contribution in [0.5, 0.6) is 0 Å². The second kappa shape index (κ2) is 10.4. The third-order valence-electron chi connectivity index (χ3n) is 6.70. The van der Waals surface area contributed by atoms with Gasteiger partial charge in [0.1, 0.15) is 0 Å². The molecule has 0 saturated carbocycles. The van der Waals surface area contributed by atoms with Crippen molar-refractivity contribution in [2.45, 2.75) is 0 Å². The molecule has 38 heavy (non-hydrogen) atoms. The first-order valence-corrected chi connectivity index (χ1v) is 12.6. The molecule has 1 aromatic heterocycles. The minimum atomic E-state index is 0.645. The fourth-order valence-electron chi connectivity index (χ4n) is 4.87. The molecule has 178 valence electrons. The molecular formula is C36H24N2. The minimum Gasteiger partial charge on any atom is -0.248 e. The van der Waals surface area contributed by atoms with Gasteiger partial charge in [0.15, 0.2) is 0 Å². The molecule has 5 aromatic carbocycles. The van der Waals surface area contributed by atoms with Gasteiger partial charge in [-0.3, -0.25) is 0 Å². The molecule has 0 unspecified atom stereocenters. The second-order valence-electron chi connectivity index (χ2n) is 9.15. The van der Waals surface area contributed by atoms with Gasteiger partial charge in [-0.1, -0.05) is 121 Å². The maximum absolute atomic E-state index is 10.3. The van der Waals surface area contributed by atoms with Crippen LogP contribution >= 0.6 is 0 Å². The molecule has 0 aliphatic rings. The van der Waals surface area contributed by atoms with Crippen molar-refractivity contribution < 1.29 is 0 Å². The summed E-state index contributed by atoms with van der Waals surface area (Å²) >= 11 is 0. The van der Waals surface area contributed by atoms with Crippen LogP contribution in [-0.4, -0.2) is 4.98 Å². The summed E-state index contributed by atoms with van der Waals surface area (Å²) in [5.41, 5.74) is 10.6. The summed E-state index contributed by atoms with van der Waals surface area (Å²) in [5.74, 6) is 0. The van der Waals surface area contributed by atoms with Crippen molar-refractivity contribution in [2.24, 2.45) is 0 Å². The summed E-state index contributed by atoms with van der Waals surface area (Å²) < 4.78 is 0. The first-order chi connectivity index (χ1) is 18.8. The zero-order chi connectivity index (χ0) is 25.7. The Morgan fingerprint density at radius 2 is 0.842 bits per heavy atom. The SMILES string of the molecule is N#Cc1cc(-c2cc(-c3ccccc3)nc(-c3ccccc3)c2)cc(-c2ccccc2)c1-c1ccccc1. The number of nitrogens with zero attached hydrogens (tertiary/aromatic N) is 2. The monoisotopic (exact) mass is 484 g/mol. The first kappa shape index (κ1) is 23.2. The van der Waals surface area contributed by atoms with Gasteiger partial charge in [-0.2, -0.15) is 5.26 Å². The smallest absolute Gasteiger partial charge is 0.0998 e. The van der Waals surface area contributed by atoms with Crippen LogP contribution < -0.4 is 0 Å². The Labute approximate surface area is 223 Å². The fourth-order valence-corrected chi connectivity index (χ4v) is 4.87. The molecule has 0 fully saturated rings. The third kappa shape index (κ3) is 4.62. The molecule has 0 saturated heterocycles. The summed E-state index contributed by atoms with van der Waals surface area (Å²) in [6, 6.07) is 51.9. The normalized spacial score (nSPS) is 10.6. The molecule has 0 aliphatic carbocycles. The molecule has 1 heterocycles. The van der Waals surface area contributed by atoms with E-state index >= 15 is 0 Å². The third-order valence-corrected chi connectivity index (χ3v) is 6.70. The summed E-state index contributed by atoms with van der Waals surface area (Å²) in [4.78, 5) is 5.02. The molecule has 0 radical (unpaired) electrons. The predicted molar refractivity (Wildman–Crippen MR) is 156 cm³/mol. The van der Waals surface area contributed by atoms with Crippen LogP contribution in [0.15, 0.2) is 146 Å².